The molecule has 0 bridgehead atoms. The second-order valence-corrected chi connectivity index (χ2v) is 5.59. The monoisotopic (exact) mass is 334 g/mol. The maximum absolute atomic E-state index is 11.8. The molecule has 0 aromatic heterocycles. The van der Waals surface area contributed by atoms with Crippen molar-refractivity contribution in [3.63, 3.8) is 0 Å². The molecule has 3 rings (SSSR count). The van der Waals surface area contributed by atoms with Crippen molar-refractivity contribution in [1.29, 1.82) is 0 Å². The number of carbonyl (C=O) groups excluding carboxylic acids is 1. The number of ether oxygens (including phenoxy) is 1. The van der Waals surface area contributed by atoms with Gasteiger partial charge in [-0.15, -0.1) is 0 Å². The van der Waals surface area contributed by atoms with Gasteiger partial charge in [-0.25, -0.2) is 0 Å². The fourth-order valence-electron chi connectivity index (χ4n) is 2.29. The van der Waals surface area contributed by atoms with Crippen molar-refractivity contribution >= 4 is 40.5 Å². The summed E-state index contributed by atoms with van der Waals surface area (Å²) in [6.45, 7) is 0.0230. The molecule has 4 nitrogen and oxygen atoms in total. The van der Waals surface area contributed by atoms with Crippen LogP contribution in [0, 0.1) is 0 Å². The van der Waals surface area contributed by atoms with Crippen LogP contribution in [0.2, 0.25) is 10.0 Å². The predicted octanol–water partition coefficient (Wildman–Crippen LogP) is 3.79. The van der Waals surface area contributed by atoms with Crippen LogP contribution in [0.5, 0.6) is 5.75 Å². The molecular formula is C16H12Cl2N2O2. The lowest BCUT2D eigenvalue weighted by molar-refractivity contribution is -0.114. The highest BCUT2D eigenvalue weighted by molar-refractivity contribution is 6.37. The molecule has 0 unspecified atom stereocenters. The highest BCUT2D eigenvalue weighted by Crippen LogP contribution is 2.30. The van der Waals surface area contributed by atoms with E-state index in [9.17, 15) is 4.79 Å². The number of nitrogens with one attached hydrogen (secondary N) is 1. The molecule has 6 heteroatoms. The molecule has 1 aliphatic heterocycles. The molecule has 2 aromatic rings. The van der Waals surface area contributed by atoms with Gasteiger partial charge in [0, 0.05) is 16.1 Å². The van der Waals surface area contributed by atoms with E-state index in [1.54, 1.807) is 43.5 Å². The minimum Gasteiger partial charge on any atom is -0.497 e. The summed E-state index contributed by atoms with van der Waals surface area (Å²) >= 11 is 12.4. The Labute approximate surface area is 137 Å². The lowest BCUT2D eigenvalue weighted by Gasteiger charge is -2.12. The van der Waals surface area contributed by atoms with Gasteiger partial charge in [0.05, 0.1) is 23.5 Å². The molecule has 0 saturated carbocycles. The van der Waals surface area contributed by atoms with Gasteiger partial charge in [0.2, 0.25) is 5.91 Å². The van der Waals surface area contributed by atoms with Crippen LogP contribution in [0.1, 0.15) is 11.1 Å². The van der Waals surface area contributed by atoms with E-state index in [4.69, 9.17) is 27.9 Å². The molecule has 0 saturated heterocycles. The van der Waals surface area contributed by atoms with Gasteiger partial charge in [-0.05, 0) is 36.4 Å². The number of fused-ring (bicyclic) bond motifs is 1. The third-order valence-electron chi connectivity index (χ3n) is 3.32. The number of rotatable bonds is 2. The van der Waals surface area contributed by atoms with Gasteiger partial charge in [0.15, 0.2) is 0 Å². The maximum Gasteiger partial charge on any atom is 0.246 e. The minimum absolute atomic E-state index is 0.0230. The zero-order chi connectivity index (χ0) is 15.7. The lowest BCUT2D eigenvalue weighted by atomic mass is 10.0. The number of hydrogen-bond donors (Lipinski definition) is 1. The molecule has 1 amide bonds. The Kier molecular flexibility index (Phi) is 4.05. The first kappa shape index (κ1) is 14.9. The van der Waals surface area contributed by atoms with Crippen molar-refractivity contribution < 1.29 is 9.53 Å². The summed E-state index contributed by atoms with van der Waals surface area (Å²) in [6, 6.07) is 10.5. The molecule has 1 heterocycles. The number of halogens is 2. The Balaban J connectivity index is 2.22. The van der Waals surface area contributed by atoms with Crippen molar-refractivity contribution in [2.45, 2.75) is 0 Å². The summed E-state index contributed by atoms with van der Waals surface area (Å²) in [7, 11) is 1.58. The van der Waals surface area contributed by atoms with Crippen LogP contribution in [0.3, 0.4) is 0 Å². The van der Waals surface area contributed by atoms with Gasteiger partial charge in [-0.2, -0.15) is 0 Å². The van der Waals surface area contributed by atoms with E-state index in [0.717, 1.165) is 5.56 Å². The first-order valence-corrected chi connectivity index (χ1v) is 7.32. The van der Waals surface area contributed by atoms with E-state index in [2.05, 4.69) is 10.3 Å². The molecule has 2 aromatic carbocycles. The number of hydrogen-bond acceptors (Lipinski definition) is 3. The zero-order valence-electron chi connectivity index (χ0n) is 11.7. The number of anilines is 1. The number of aliphatic imine (C=N–C) groups is 1. The first-order chi connectivity index (χ1) is 10.6. The second kappa shape index (κ2) is 5.99. The standard InChI is InChI=1S/C16H12Cl2N2O2/c1-22-10-3-4-13(18)11(7-10)16-12-6-9(17)2-5-14(12)20-15(21)8-19-16/h2-7H,8H2,1H3,(H,20,21). The molecule has 22 heavy (non-hydrogen) atoms. The Morgan fingerprint density at radius 3 is 2.73 bits per heavy atom. The van der Waals surface area contributed by atoms with Crippen molar-refractivity contribution in [2.24, 2.45) is 4.99 Å². The number of nitrogens with zero attached hydrogens (tertiary/aromatic N) is 1. The summed E-state index contributed by atoms with van der Waals surface area (Å²) in [5.41, 5.74) is 2.69. The molecule has 1 N–H and O–H groups in total. The van der Waals surface area contributed by atoms with Gasteiger partial charge >= 0.3 is 0 Å². The zero-order valence-corrected chi connectivity index (χ0v) is 13.2. The van der Waals surface area contributed by atoms with Crippen LogP contribution in [-0.2, 0) is 4.79 Å². The molecule has 1 aliphatic rings. The summed E-state index contributed by atoms with van der Waals surface area (Å²) in [5.74, 6) is 0.479. The third kappa shape index (κ3) is 2.80. The first-order valence-electron chi connectivity index (χ1n) is 6.56. The number of amides is 1. The van der Waals surface area contributed by atoms with Gasteiger partial charge < -0.3 is 10.1 Å². The van der Waals surface area contributed by atoms with Crippen LogP contribution in [0.15, 0.2) is 41.4 Å². The lowest BCUT2D eigenvalue weighted by Crippen LogP contribution is -2.13. The SMILES string of the molecule is COc1ccc(Cl)c(C2=NCC(=O)Nc3ccc(Cl)cc32)c1. The molecule has 0 atom stereocenters. The van der Waals surface area contributed by atoms with E-state index in [1.807, 2.05) is 0 Å². The van der Waals surface area contributed by atoms with Crippen molar-refractivity contribution in [2.75, 3.05) is 19.0 Å². The van der Waals surface area contributed by atoms with Crippen LogP contribution >= 0.6 is 23.2 Å². The van der Waals surface area contributed by atoms with Crippen LogP contribution < -0.4 is 10.1 Å². The summed E-state index contributed by atoms with van der Waals surface area (Å²) < 4.78 is 5.24. The van der Waals surface area contributed by atoms with E-state index in [1.165, 1.54) is 0 Å². The molecule has 0 spiro atoms. The average Bonchev–Trinajstić information content (AvgIpc) is 2.66. The molecule has 0 fully saturated rings. The molecular weight excluding hydrogens is 323 g/mol. The minimum atomic E-state index is -0.183. The highest BCUT2D eigenvalue weighted by atomic mass is 35.5. The Hall–Kier alpha value is -2.04. The number of methoxy groups -OCH3 is 1. The maximum atomic E-state index is 11.8. The summed E-state index contributed by atoms with van der Waals surface area (Å²) in [6.07, 6.45) is 0. The fraction of sp³-hybridized carbons (Fsp3) is 0.125. The molecule has 0 radical (unpaired) electrons. The van der Waals surface area contributed by atoms with E-state index in [0.29, 0.717) is 32.8 Å². The number of benzodiazepines with no additional fused rings is 1. The predicted molar refractivity (Wildman–Crippen MR) is 88.6 cm³/mol. The van der Waals surface area contributed by atoms with Crippen molar-refractivity contribution in [1.82, 2.24) is 0 Å². The van der Waals surface area contributed by atoms with Gasteiger partial charge in [-0.3, -0.25) is 9.79 Å². The van der Waals surface area contributed by atoms with Crippen LogP contribution in [-0.4, -0.2) is 25.3 Å². The number of benzene rings is 2. The largest absolute Gasteiger partial charge is 0.497 e. The smallest absolute Gasteiger partial charge is 0.246 e. The third-order valence-corrected chi connectivity index (χ3v) is 3.88. The number of carbonyl (C=O) groups is 1. The Morgan fingerprint density at radius 2 is 1.95 bits per heavy atom. The van der Waals surface area contributed by atoms with E-state index in [-0.39, 0.29) is 12.5 Å². The van der Waals surface area contributed by atoms with E-state index < -0.39 is 0 Å². The Morgan fingerprint density at radius 1 is 1.14 bits per heavy atom. The van der Waals surface area contributed by atoms with Crippen molar-refractivity contribution in [3.05, 3.63) is 57.6 Å². The summed E-state index contributed by atoms with van der Waals surface area (Å²) in [5, 5.41) is 3.90. The Bertz CT molecular complexity index is 788. The van der Waals surface area contributed by atoms with Gasteiger partial charge in [0.25, 0.3) is 0 Å². The molecule has 0 aliphatic carbocycles. The molecule has 112 valence electrons. The van der Waals surface area contributed by atoms with Crippen LogP contribution in [0.4, 0.5) is 5.69 Å². The quantitative estimate of drug-likeness (QED) is 0.908. The van der Waals surface area contributed by atoms with Crippen molar-refractivity contribution in [3.8, 4) is 5.75 Å². The normalized spacial score (nSPS) is 13.8. The van der Waals surface area contributed by atoms with E-state index >= 15 is 0 Å². The van der Waals surface area contributed by atoms with Gasteiger partial charge in [0.1, 0.15) is 12.3 Å². The highest BCUT2D eigenvalue weighted by Gasteiger charge is 2.20. The average molecular weight is 335 g/mol. The topological polar surface area (TPSA) is 50.7 Å². The van der Waals surface area contributed by atoms with Crippen LogP contribution in [0.25, 0.3) is 0 Å². The fourth-order valence-corrected chi connectivity index (χ4v) is 2.67. The second-order valence-electron chi connectivity index (χ2n) is 4.75. The van der Waals surface area contributed by atoms with Gasteiger partial charge in [-0.1, -0.05) is 23.2 Å². The summed E-state index contributed by atoms with van der Waals surface area (Å²) in [4.78, 5) is 16.2.